The van der Waals surface area contributed by atoms with Crippen molar-refractivity contribution in [3.63, 3.8) is 0 Å². The van der Waals surface area contributed by atoms with Gasteiger partial charge in [-0.1, -0.05) is 0 Å². The first-order chi connectivity index (χ1) is 14.2. The summed E-state index contributed by atoms with van der Waals surface area (Å²) in [5.41, 5.74) is -2.81. The molecule has 1 fully saturated rings. The summed E-state index contributed by atoms with van der Waals surface area (Å²) >= 11 is 2.83. The maximum absolute atomic E-state index is 13.1. The van der Waals surface area contributed by atoms with Gasteiger partial charge in [0.15, 0.2) is 0 Å². The lowest BCUT2D eigenvalue weighted by molar-refractivity contribution is -0.144. The first-order valence-electron chi connectivity index (χ1n) is 8.76. The Morgan fingerprint density at radius 1 is 1.30 bits per heavy atom. The fraction of sp³-hybridized carbons (Fsp3) is 0.389. The second-order valence-electron chi connectivity index (χ2n) is 6.67. The van der Waals surface area contributed by atoms with Crippen LogP contribution in [0.3, 0.4) is 0 Å². The molecule has 30 heavy (non-hydrogen) atoms. The highest BCUT2D eigenvalue weighted by Crippen LogP contribution is 2.35. The van der Waals surface area contributed by atoms with Gasteiger partial charge in [0, 0.05) is 24.3 Å². The van der Waals surface area contributed by atoms with E-state index >= 15 is 0 Å². The maximum atomic E-state index is 13.1. The van der Waals surface area contributed by atoms with Crippen LogP contribution in [0.1, 0.15) is 17.7 Å². The summed E-state index contributed by atoms with van der Waals surface area (Å²) in [4.78, 5) is 24.9. The average Bonchev–Trinajstić information content (AvgIpc) is 3.30. The number of hydrogen-bond donors (Lipinski definition) is 0. The molecule has 0 N–H and O–H groups in total. The van der Waals surface area contributed by atoms with Crippen LogP contribution in [0, 0.1) is 0 Å². The fourth-order valence-corrected chi connectivity index (χ4v) is 4.57. The van der Waals surface area contributed by atoms with Gasteiger partial charge in [0.2, 0.25) is 6.29 Å². The van der Waals surface area contributed by atoms with Crippen molar-refractivity contribution in [2.75, 3.05) is 18.6 Å². The summed E-state index contributed by atoms with van der Waals surface area (Å²) in [5, 5.41) is 0.612. The topological polar surface area (TPSA) is 75.4 Å². The number of alkyl halides is 3. The van der Waals surface area contributed by atoms with E-state index in [1.54, 1.807) is 23.9 Å². The molecule has 3 heterocycles. The molecule has 1 aromatic carbocycles. The molecular weight excluding hydrogens is 443 g/mol. The van der Waals surface area contributed by atoms with Gasteiger partial charge in [-0.15, -0.1) is 0 Å². The molecule has 2 aromatic heterocycles. The molecule has 12 heteroatoms. The molecule has 7 nitrogen and oxygen atoms in total. The Hall–Kier alpha value is -2.15. The van der Waals surface area contributed by atoms with Gasteiger partial charge in [0.05, 0.1) is 23.1 Å². The Balaban J connectivity index is 1.79. The molecule has 1 aliphatic rings. The van der Waals surface area contributed by atoms with Crippen LogP contribution in [0.4, 0.5) is 13.2 Å². The number of hydrogen-bond acceptors (Lipinski definition) is 7. The van der Waals surface area contributed by atoms with Crippen molar-refractivity contribution in [3.05, 3.63) is 56.5 Å². The van der Waals surface area contributed by atoms with Gasteiger partial charge in [0.25, 0.3) is 5.56 Å². The zero-order chi connectivity index (χ0) is 21.6. The fourth-order valence-electron chi connectivity index (χ4n) is 3.25. The standard InChI is InChI=1S/C18H16F3N3O4S2/c1-23-13(18(19,20)21)6-14(25)24(17(23)26)9-3-4-12-11(5-9)15(22-30-12)16-27-7-10(28-16)8-29-2/h3-6,10,16H,7-8H2,1-2H3. The average molecular weight is 459 g/mol. The van der Waals surface area contributed by atoms with Crippen molar-refractivity contribution >= 4 is 33.4 Å². The number of rotatable bonds is 4. The van der Waals surface area contributed by atoms with Gasteiger partial charge in [-0.25, -0.2) is 9.36 Å². The molecule has 2 unspecified atom stereocenters. The second kappa shape index (κ2) is 7.84. The summed E-state index contributed by atoms with van der Waals surface area (Å²) in [6, 6.07) is 5.10. The van der Waals surface area contributed by atoms with Gasteiger partial charge in [-0.3, -0.25) is 9.36 Å². The van der Waals surface area contributed by atoms with Gasteiger partial charge in [-0.05, 0) is 36.0 Å². The monoisotopic (exact) mass is 459 g/mol. The lowest BCUT2D eigenvalue weighted by atomic mass is 10.2. The summed E-state index contributed by atoms with van der Waals surface area (Å²) in [6.45, 7) is 0.420. The molecule has 0 saturated carbocycles. The van der Waals surface area contributed by atoms with Crippen molar-refractivity contribution < 1.29 is 22.6 Å². The Bertz CT molecular complexity index is 1220. The van der Waals surface area contributed by atoms with E-state index in [9.17, 15) is 22.8 Å². The van der Waals surface area contributed by atoms with Crippen LogP contribution in [0.2, 0.25) is 0 Å². The predicted octanol–water partition coefficient (Wildman–Crippen LogP) is 2.94. The van der Waals surface area contributed by atoms with Crippen LogP contribution in [-0.4, -0.2) is 38.2 Å². The quantitative estimate of drug-likeness (QED) is 0.597. The van der Waals surface area contributed by atoms with Crippen LogP contribution >= 0.6 is 23.3 Å². The van der Waals surface area contributed by atoms with Crippen LogP contribution in [0.15, 0.2) is 33.9 Å². The van der Waals surface area contributed by atoms with Crippen molar-refractivity contribution in [2.24, 2.45) is 7.05 Å². The summed E-state index contributed by atoms with van der Waals surface area (Å²) < 4.78 is 57.0. The lowest BCUT2D eigenvalue weighted by Crippen LogP contribution is -2.40. The lowest BCUT2D eigenvalue weighted by Gasteiger charge is -2.14. The minimum atomic E-state index is -4.81. The highest BCUT2D eigenvalue weighted by atomic mass is 32.2. The number of thioether (sulfide) groups is 1. The molecule has 0 spiro atoms. The third-order valence-electron chi connectivity index (χ3n) is 4.68. The molecule has 4 rings (SSSR count). The van der Waals surface area contributed by atoms with E-state index in [0.29, 0.717) is 32.9 Å². The molecule has 1 saturated heterocycles. The molecule has 0 bridgehead atoms. The van der Waals surface area contributed by atoms with E-state index in [-0.39, 0.29) is 11.8 Å². The number of fused-ring (bicyclic) bond motifs is 1. The van der Waals surface area contributed by atoms with Gasteiger partial charge >= 0.3 is 11.9 Å². The van der Waals surface area contributed by atoms with E-state index in [1.807, 2.05) is 6.26 Å². The van der Waals surface area contributed by atoms with Crippen molar-refractivity contribution in [1.82, 2.24) is 13.5 Å². The van der Waals surface area contributed by atoms with Crippen LogP contribution in [-0.2, 0) is 22.7 Å². The number of ether oxygens (including phenoxy) is 2. The van der Waals surface area contributed by atoms with E-state index in [0.717, 1.165) is 17.5 Å². The zero-order valence-corrected chi connectivity index (χ0v) is 17.4. The Kier molecular flexibility index (Phi) is 5.51. The maximum Gasteiger partial charge on any atom is 0.431 e. The Labute approximate surface area is 176 Å². The Morgan fingerprint density at radius 2 is 2.07 bits per heavy atom. The summed E-state index contributed by atoms with van der Waals surface area (Å²) in [6.07, 6.45) is -3.61. The molecule has 2 atom stereocenters. The molecular formula is C18H16F3N3O4S2. The van der Waals surface area contributed by atoms with Crippen LogP contribution in [0.25, 0.3) is 15.8 Å². The van der Waals surface area contributed by atoms with E-state index in [4.69, 9.17) is 9.47 Å². The van der Waals surface area contributed by atoms with Gasteiger partial charge in [0.1, 0.15) is 11.4 Å². The van der Waals surface area contributed by atoms with Crippen molar-refractivity contribution in [1.29, 1.82) is 0 Å². The second-order valence-corrected chi connectivity index (χ2v) is 8.39. The van der Waals surface area contributed by atoms with Gasteiger partial charge in [-0.2, -0.15) is 29.3 Å². The van der Waals surface area contributed by atoms with E-state index < -0.39 is 29.4 Å². The summed E-state index contributed by atoms with van der Waals surface area (Å²) in [7, 11) is 0.975. The SMILES string of the molecule is CSCC1COC(c2nsc3ccc(-n4c(=O)cc(C(F)(F)F)n(C)c4=O)cc23)O1. The third kappa shape index (κ3) is 3.68. The largest absolute Gasteiger partial charge is 0.431 e. The van der Waals surface area contributed by atoms with E-state index in [1.165, 1.54) is 17.6 Å². The minimum absolute atomic E-state index is 0.0743. The van der Waals surface area contributed by atoms with Crippen molar-refractivity contribution in [2.45, 2.75) is 18.6 Å². The number of aromatic nitrogens is 3. The molecule has 0 radical (unpaired) electrons. The van der Waals surface area contributed by atoms with Gasteiger partial charge < -0.3 is 9.47 Å². The zero-order valence-electron chi connectivity index (χ0n) is 15.8. The molecule has 0 aliphatic carbocycles. The molecule has 3 aromatic rings. The first-order valence-corrected chi connectivity index (χ1v) is 10.9. The van der Waals surface area contributed by atoms with Crippen molar-refractivity contribution in [3.8, 4) is 5.69 Å². The minimum Gasteiger partial charge on any atom is -0.344 e. The molecule has 1 aliphatic heterocycles. The summed E-state index contributed by atoms with van der Waals surface area (Å²) in [5.74, 6) is 0.765. The molecule has 160 valence electrons. The van der Waals surface area contributed by atoms with Crippen LogP contribution < -0.4 is 11.2 Å². The highest BCUT2D eigenvalue weighted by molar-refractivity contribution is 7.98. The number of benzene rings is 1. The van der Waals surface area contributed by atoms with E-state index in [2.05, 4.69) is 4.37 Å². The first kappa shape index (κ1) is 21.1. The predicted molar refractivity (Wildman–Crippen MR) is 107 cm³/mol. The normalized spacial score (nSPS) is 19.6. The number of nitrogens with zero attached hydrogens (tertiary/aromatic N) is 3. The van der Waals surface area contributed by atoms with Crippen LogP contribution in [0.5, 0.6) is 0 Å². The molecule has 0 amide bonds. The smallest absolute Gasteiger partial charge is 0.344 e. The highest BCUT2D eigenvalue weighted by Gasteiger charge is 2.35. The number of halogens is 3. The third-order valence-corrected chi connectivity index (χ3v) is 6.22. The Morgan fingerprint density at radius 3 is 2.77 bits per heavy atom.